The van der Waals surface area contributed by atoms with E-state index < -0.39 is 5.82 Å². The lowest BCUT2D eigenvalue weighted by Crippen LogP contribution is -2.12. The van der Waals surface area contributed by atoms with Crippen LogP contribution in [0.4, 0.5) is 10.1 Å². The minimum atomic E-state index is -0.393. The van der Waals surface area contributed by atoms with Gasteiger partial charge in [-0.1, -0.05) is 0 Å². The van der Waals surface area contributed by atoms with E-state index in [0.717, 1.165) is 19.3 Å². The second-order valence-electron chi connectivity index (χ2n) is 5.04. The second kappa shape index (κ2) is 5.16. The zero-order valence-corrected chi connectivity index (χ0v) is 11.2. The predicted octanol–water partition coefficient (Wildman–Crippen LogP) is 1.80. The highest BCUT2D eigenvalue weighted by Gasteiger charge is 2.29. The molecule has 7 heteroatoms. The number of nitrogens with two attached hydrogens (primary N) is 1. The predicted molar refractivity (Wildman–Crippen MR) is 71.3 cm³/mol. The first-order valence-electron chi connectivity index (χ1n) is 6.54. The van der Waals surface area contributed by atoms with Gasteiger partial charge in [-0.3, -0.25) is 0 Å². The van der Waals surface area contributed by atoms with Crippen LogP contribution >= 0.6 is 0 Å². The molecule has 3 rings (SSSR count). The molecule has 1 saturated carbocycles. The fraction of sp³-hybridized carbons (Fsp3) is 0.462. The number of hydrogen-bond acceptors (Lipinski definition) is 5. The van der Waals surface area contributed by atoms with Crippen molar-refractivity contribution in [2.45, 2.75) is 31.4 Å². The van der Waals surface area contributed by atoms with Crippen LogP contribution in [0, 0.1) is 5.82 Å². The zero-order valence-electron chi connectivity index (χ0n) is 11.2. The van der Waals surface area contributed by atoms with E-state index in [9.17, 15) is 4.39 Å². The van der Waals surface area contributed by atoms with Crippen LogP contribution in [-0.4, -0.2) is 33.4 Å². The number of nitrogens with zero attached hydrogens (tertiary/aromatic N) is 4. The van der Waals surface area contributed by atoms with E-state index in [0.29, 0.717) is 17.1 Å². The smallest absolute Gasteiger partial charge is 0.182 e. The zero-order chi connectivity index (χ0) is 14.1. The van der Waals surface area contributed by atoms with Gasteiger partial charge in [0.1, 0.15) is 5.82 Å². The molecule has 1 heterocycles. The molecule has 0 amide bonds. The number of ether oxygens (including phenoxy) is 1. The van der Waals surface area contributed by atoms with Crippen molar-refractivity contribution in [3.05, 3.63) is 24.0 Å². The highest BCUT2D eigenvalue weighted by Crippen LogP contribution is 2.33. The molecule has 6 nitrogen and oxygen atoms in total. The standard InChI is InChI=1S/C13H16FN5O/c1-20-12-3-2-11(7-12)19-13(16-17-18-19)8-4-9(14)6-10(15)5-8/h4-6,11-12H,2-3,7,15H2,1H3. The molecule has 2 N–H and O–H groups in total. The number of hydrogen-bond donors (Lipinski definition) is 1. The van der Waals surface area contributed by atoms with Crippen LogP contribution in [0.2, 0.25) is 0 Å². The van der Waals surface area contributed by atoms with Crippen molar-refractivity contribution < 1.29 is 9.13 Å². The van der Waals surface area contributed by atoms with Crippen molar-refractivity contribution in [2.75, 3.05) is 12.8 Å². The molecular formula is C13H16FN5O. The lowest BCUT2D eigenvalue weighted by molar-refractivity contribution is 0.105. The third-order valence-electron chi connectivity index (χ3n) is 3.71. The van der Waals surface area contributed by atoms with E-state index in [1.807, 2.05) is 0 Å². The Morgan fingerprint density at radius 1 is 1.35 bits per heavy atom. The van der Waals surface area contributed by atoms with Crippen molar-refractivity contribution in [3.8, 4) is 11.4 Å². The monoisotopic (exact) mass is 277 g/mol. The molecule has 1 aliphatic rings. The molecule has 0 saturated heterocycles. The van der Waals surface area contributed by atoms with E-state index in [2.05, 4.69) is 15.5 Å². The van der Waals surface area contributed by atoms with E-state index in [1.54, 1.807) is 17.9 Å². The van der Waals surface area contributed by atoms with E-state index in [-0.39, 0.29) is 12.1 Å². The van der Waals surface area contributed by atoms with Crippen molar-refractivity contribution in [3.63, 3.8) is 0 Å². The Kier molecular flexibility index (Phi) is 3.35. The van der Waals surface area contributed by atoms with Gasteiger partial charge in [0.05, 0.1) is 12.1 Å². The highest BCUT2D eigenvalue weighted by molar-refractivity contribution is 5.61. The van der Waals surface area contributed by atoms with Gasteiger partial charge in [-0.2, -0.15) is 0 Å². The molecule has 0 aliphatic heterocycles. The summed E-state index contributed by atoms with van der Waals surface area (Å²) in [5.74, 6) is 0.147. The van der Waals surface area contributed by atoms with E-state index in [1.165, 1.54) is 12.1 Å². The number of nitrogen functional groups attached to an aromatic ring is 1. The Hall–Kier alpha value is -2.02. The number of anilines is 1. The average molecular weight is 277 g/mol. The Labute approximate surface area is 115 Å². The first-order chi connectivity index (χ1) is 9.67. The molecule has 1 aliphatic carbocycles. The normalized spacial score (nSPS) is 22.3. The van der Waals surface area contributed by atoms with Crippen LogP contribution in [0.1, 0.15) is 25.3 Å². The van der Waals surface area contributed by atoms with Gasteiger partial charge in [0.15, 0.2) is 5.82 Å². The number of tetrazole rings is 1. The third kappa shape index (κ3) is 2.36. The maximum Gasteiger partial charge on any atom is 0.182 e. The summed E-state index contributed by atoms with van der Waals surface area (Å²) in [7, 11) is 1.71. The van der Waals surface area contributed by atoms with Gasteiger partial charge >= 0.3 is 0 Å². The summed E-state index contributed by atoms with van der Waals surface area (Å²) in [6, 6.07) is 4.51. The largest absolute Gasteiger partial charge is 0.399 e. The summed E-state index contributed by atoms with van der Waals surface area (Å²) in [6.07, 6.45) is 3.02. The molecule has 0 bridgehead atoms. The Morgan fingerprint density at radius 3 is 2.90 bits per heavy atom. The molecule has 2 unspecified atom stereocenters. The minimum absolute atomic E-state index is 0.175. The van der Waals surface area contributed by atoms with Crippen molar-refractivity contribution in [1.82, 2.24) is 20.2 Å². The van der Waals surface area contributed by atoms with Crippen molar-refractivity contribution in [1.29, 1.82) is 0 Å². The fourth-order valence-corrected chi connectivity index (χ4v) is 2.72. The SMILES string of the molecule is COC1CCC(n2nnnc2-c2cc(N)cc(F)c2)C1. The second-order valence-corrected chi connectivity index (χ2v) is 5.04. The molecule has 1 aromatic carbocycles. The summed E-state index contributed by atoms with van der Waals surface area (Å²) in [5.41, 5.74) is 6.62. The Bertz CT molecular complexity index is 594. The number of rotatable bonds is 3. The topological polar surface area (TPSA) is 78.8 Å². The summed E-state index contributed by atoms with van der Waals surface area (Å²) in [6.45, 7) is 0. The molecule has 1 aromatic heterocycles. The van der Waals surface area contributed by atoms with Gasteiger partial charge in [-0.25, -0.2) is 9.07 Å². The van der Waals surface area contributed by atoms with Gasteiger partial charge in [0.25, 0.3) is 0 Å². The quantitative estimate of drug-likeness (QED) is 0.865. The van der Waals surface area contributed by atoms with Crippen molar-refractivity contribution in [2.24, 2.45) is 0 Å². The van der Waals surface area contributed by atoms with Gasteiger partial charge in [-0.15, -0.1) is 5.10 Å². The minimum Gasteiger partial charge on any atom is -0.399 e. The Morgan fingerprint density at radius 2 is 2.20 bits per heavy atom. The molecule has 20 heavy (non-hydrogen) atoms. The van der Waals surface area contributed by atoms with Gasteiger partial charge in [-0.05, 0) is 47.9 Å². The molecule has 1 fully saturated rings. The lowest BCUT2D eigenvalue weighted by atomic mass is 10.1. The summed E-state index contributed by atoms with van der Waals surface area (Å²) in [5, 5.41) is 11.8. The van der Waals surface area contributed by atoms with Gasteiger partial charge in [0.2, 0.25) is 0 Å². The number of methoxy groups -OCH3 is 1. The van der Waals surface area contributed by atoms with Crippen LogP contribution in [-0.2, 0) is 4.74 Å². The fourth-order valence-electron chi connectivity index (χ4n) is 2.72. The average Bonchev–Trinajstić information content (AvgIpc) is 3.06. The molecule has 2 aromatic rings. The number of aromatic nitrogens is 4. The van der Waals surface area contributed by atoms with Gasteiger partial charge < -0.3 is 10.5 Å². The van der Waals surface area contributed by atoms with E-state index in [4.69, 9.17) is 10.5 Å². The third-order valence-corrected chi connectivity index (χ3v) is 3.71. The van der Waals surface area contributed by atoms with Crippen LogP contribution < -0.4 is 5.73 Å². The molecule has 0 spiro atoms. The Balaban J connectivity index is 1.94. The molecule has 0 radical (unpaired) electrons. The first-order valence-corrected chi connectivity index (χ1v) is 6.54. The molecule has 2 atom stereocenters. The lowest BCUT2D eigenvalue weighted by Gasteiger charge is -2.12. The number of benzene rings is 1. The first kappa shape index (κ1) is 13.0. The number of halogens is 1. The van der Waals surface area contributed by atoms with Gasteiger partial charge in [0, 0.05) is 18.4 Å². The molecular weight excluding hydrogens is 261 g/mol. The van der Waals surface area contributed by atoms with E-state index >= 15 is 0 Å². The van der Waals surface area contributed by atoms with Crippen LogP contribution in [0.3, 0.4) is 0 Å². The summed E-state index contributed by atoms with van der Waals surface area (Å²) < 4.78 is 20.6. The van der Waals surface area contributed by atoms with Crippen LogP contribution in [0.5, 0.6) is 0 Å². The van der Waals surface area contributed by atoms with Crippen LogP contribution in [0.25, 0.3) is 11.4 Å². The highest BCUT2D eigenvalue weighted by atomic mass is 19.1. The van der Waals surface area contributed by atoms with Crippen molar-refractivity contribution >= 4 is 5.69 Å². The maximum absolute atomic E-state index is 13.5. The summed E-state index contributed by atoms with van der Waals surface area (Å²) >= 11 is 0. The maximum atomic E-state index is 13.5. The molecule has 106 valence electrons. The summed E-state index contributed by atoms with van der Waals surface area (Å²) in [4.78, 5) is 0. The van der Waals surface area contributed by atoms with Crippen LogP contribution in [0.15, 0.2) is 18.2 Å².